The van der Waals surface area contributed by atoms with Gasteiger partial charge in [0.05, 0.1) is 35.7 Å². The van der Waals surface area contributed by atoms with Gasteiger partial charge >= 0.3 is 0 Å². The van der Waals surface area contributed by atoms with Crippen LogP contribution in [0.2, 0.25) is 5.02 Å². The minimum Gasteiger partial charge on any atom is -0.491 e. The number of para-hydroxylation sites is 1. The summed E-state index contributed by atoms with van der Waals surface area (Å²) in [7, 11) is 0. The zero-order chi connectivity index (χ0) is 20.1. The fourth-order valence-corrected chi connectivity index (χ4v) is 3.91. The van der Waals surface area contributed by atoms with Crippen molar-refractivity contribution >= 4 is 28.9 Å². The van der Waals surface area contributed by atoms with Crippen LogP contribution in [0.5, 0.6) is 5.75 Å². The molecule has 0 unspecified atom stereocenters. The van der Waals surface area contributed by atoms with Crippen molar-refractivity contribution < 1.29 is 19.0 Å². The van der Waals surface area contributed by atoms with E-state index in [2.05, 4.69) is 10.2 Å². The molecule has 0 aromatic heterocycles. The molecule has 0 saturated carbocycles. The highest BCUT2D eigenvalue weighted by molar-refractivity contribution is 6.34. The van der Waals surface area contributed by atoms with Gasteiger partial charge in [0.25, 0.3) is 5.91 Å². The molecule has 0 radical (unpaired) electrons. The van der Waals surface area contributed by atoms with Gasteiger partial charge in [0, 0.05) is 25.3 Å². The molecule has 7 heteroatoms. The third-order valence-corrected chi connectivity index (χ3v) is 5.42. The van der Waals surface area contributed by atoms with Gasteiger partial charge in [-0.05, 0) is 43.2 Å². The first kappa shape index (κ1) is 20.0. The maximum Gasteiger partial charge on any atom is 0.255 e. The molecule has 0 aliphatic carbocycles. The summed E-state index contributed by atoms with van der Waals surface area (Å²) in [5.41, 5.74) is 2.05. The highest BCUT2D eigenvalue weighted by atomic mass is 35.5. The lowest BCUT2D eigenvalue weighted by atomic mass is 10.1. The summed E-state index contributed by atoms with van der Waals surface area (Å²) >= 11 is 6.46. The zero-order valence-electron chi connectivity index (χ0n) is 16.2. The van der Waals surface area contributed by atoms with Crippen LogP contribution in [0.15, 0.2) is 42.5 Å². The maximum atomic E-state index is 12.9. The van der Waals surface area contributed by atoms with E-state index >= 15 is 0 Å². The maximum absolute atomic E-state index is 12.9. The minimum absolute atomic E-state index is 0.134. The topological polar surface area (TPSA) is 60.0 Å². The number of ether oxygens (including phenoxy) is 3. The number of carbonyl (C=O) groups is 1. The van der Waals surface area contributed by atoms with Gasteiger partial charge < -0.3 is 24.4 Å². The van der Waals surface area contributed by atoms with Gasteiger partial charge in [-0.3, -0.25) is 4.79 Å². The normalized spacial score (nSPS) is 19.2. The summed E-state index contributed by atoms with van der Waals surface area (Å²) in [6.45, 7) is 4.05. The molecule has 2 fully saturated rings. The van der Waals surface area contributed by atoms with Crippen LogP contribution in [0.3, 0.4) is 0 Å². The number of morpholine rings is 1. The summed E-state index contributed by atoms with van der Waals surface area (Å²) < 4.78 is 16.8. The third kappa shape index (κ3) is 5.01. The standard InChI is InChI=1S/C22H25ClN2O4/c23-19-7-2-8-20(21(19)25-9-12-27-13-10-25)24-22(26)16-4-1-5-17(14-16)29-15-18-6-3-11-28-18/h1-2,4-5,7-8,14,18H,3,6,9-13,15H2,(H,24,26)/t18-/m1/s1. The van der Waals surface area contributed by atoms with Crippen molar-refractivity contribution in [1.29, 1.82) is 0 Å². The van der Waals surface area contributed by atoms with Gasteiger partial charge in [0.1, 0.15) is 12.4 Å². The Hall–Kier alpha value is -2.28. The number of carbonyl (C=O) groups excluding carboxylic acids is 1. The molecule has 2 aromatic carbocycles. The first-order chi connectivity index (χ1) is 14.2. The lowest BCUT2D eigenvalue weighted by Gasteiger charge is -2.31. The third-order valence-electron chi connectivity index (χ3n) is 5.12. The van der Waals surface area contributed by atoms with E-state index in [1.165, 1.54) is 0 Å². The van der Waals surface area contributed by atoms with Crippen molar-refractivity contribution in [2.75, 3.05) is 49.7 Å². The minimum atomic E-state index is -0.204. The molecular formula is C22H25ClN2O4. The number of hydrogen-bond donors (Lipinski definition) is 1. The molecule has 2 heterocycles. The van der Waals surface area contributed by atoms with Gasteiger partial charge in [-0.1, -0.05) is 23.7 Å². The Morgan fingerprint density at radius 1 is 1.17 bits per heavy atom. The second-order valence-electron chi connectivity index (χ2n) is 7.16. The quantitative estimate of drug-likeness (QED) is 0.771. The summed E-state index contributed by atoms with van der Waals surface area (Å²) in [6.07, 6.45) is 2.22. The second kappa shape index (κ2) is 9.48. The Morgan fingerprint density at radius 3 is 2.79 bits per heavy atom. The van der Waals surface area contributed by atoms with E-state index in [1.807, 2.05) is 30.3 Å². The number of halogens is 1. The molecule has 154 valence electrons. The Labute approximate surface area is 175 Å². The van der Waals surface area contributed by atoms with Crippen molar-refractivity contribution in [2.24, 2.45) is 0 Å². The number of nitrogens with zero attached hydrogens (tertiary/aromatic N) is 1. The van der Waals surface area contributed by atoms with Gasteiger partial charge in [-0.25, -0.2) is 0 Å². The summed E-state index contributed by atoms with van der Waals surface area (Å²) in [4.78, 5) is 15.0. The fourth-order valence-electron chi connectivity index (χ4n) is 3.61. The van der Waals surface area contributed by atoms with Crippen LogP contribution in [0.1, 0.15) is 23.2 Å². The van der Waals surface area contributed by atoms with E-state index in [0.717, 1.165) is 38.2 Å². The van der Waals surface area contributed by atoms with Crippen LogP contribution < -0.4 is 15.0 Å². The average Bonchev–Trinajstić information content (AvgIpc) is 3.27. The van der Waals surface area contributed by atoms with Gasteiger partial charge in [-0.15, -0.1) is 0 Å². The molecule has 6 nitrogen and oxygen atoms in total. The van der Waals surface area contributed by atoms with E-state index in [4.69, 9.17) is 25.8 Å². The molecule has 0 spiro atoms. The summed E-state index contributed by atoms with van der Waals surface area (Å²) in [5, 5.41) is 3.61. The highest BCUT2D eigenvalue weighted by Crippen LogP contribution is 2.34. The highest BCUT2D eigenvalue weighted by Gasteiger charge is 2.20. The Morgan fingerprint density at radius 2 is 2.00 bits per heavy atom. The first-order valence-electron chi connectivity index (χ1n) is 9.98. The van der Waals surface area contributed by atoms with Crippen molar-refractivity contribution in [2.45, 2.75) is 18.9 Å². The van der Waals surface area contributed by atoms with Crippen LogP contribution in [-0.4, -0.2) is 51.5 Å². The largest absolute Gasteiger partial charge is 0.491 e. The molecule has 2 aromatic rings. The molecule has 1 N–H and O–H groups in total. The van der Waals surface area contributed by atoms with E-state index in [1.54, 1.807) is 12.1 Å². The zero-order valence-corrected chi connectivity index (χ0v) is 17.0. The summed E-state index contributed by atoms with van der Waals surface area (Å²) in [5.74, 6) is 0.456. The van der Waals surface area contributed by atoms with Crippen molar-refractivity contribution in [1.82, 2.24) is 0 Å². The smallest absolute Gasteiger partial charge is 0.255 e. The van der Waals surface area contributed by atoms with E-state index in [9.17, 15) is 4.79 Å². The number of anilines is 2. The molecule has 4 rings (SSSR count). The Balaban J connectivity index is 1.46. The van der Waals surface area contributed by atoms with Crippen LogP contribution in [0.4, 0.5) is 11.4 Å². The number of nitrogens with one attached hydrogen (secondary N) is 1. The van der Waals surface area contributed by atoms with Crippen molar-refractivity contribution in [3.8, 4) is 5.75 Å². The monoisotopic (exact) mass is 416 g/mol. The van der Waals surface area contributed by atoms with Gasteiger partial charge in [0.15, 0.2) is 0 Å². The molecular weight excluding hydrogens is 392 g/mol. The molecule has 29 heavy (non-hydrogen) atoms. The number of benzene rings is 2. The Kier molecular flexibility index (Phi) is 6.54. The Bertz CT molecular complexity index is 848. The lowest BCUT2D eigenvalue weighted by Crippen LogP contribution is -2.37. The van der Waals surface area contributed by atoms with E-state index in [0.29, 0.717) is 41.8 Å². The van der Waals surface area contributed by atoms with E-state index < -0.39 is 0 Å². The molecule has 2 saturated heterocycles. The fraction of sp³-hybridized carbons (Fsp3) is 0.409. The molecule has 1 atom stereocenters. The number of hydrogen-bond acceptors (Lipinski definition) is 5. The van der Waals surface area contributed by atoms with Crippen LogP contribution in [0, 0.1) is 0 Å². The van der Waals surface area contributed by atoms with Crippen LogP contribution in [0.25, 0.3) is 0 Å². The van der Waals surface area contributed by atoms with Crippen molar-refractivity contribution in [3.63, 3.8) is 0 Å². The molecule has 2 aliphatic heterocycles. The number of amides is 1. The van der Waals surface area contributed by atoms with E-state index in [-0.39, 0.29) is 12.0 Å². The summed E-state index contributed by atoms with van der Waals surface area (Å²) in [6, 6.07) is 12.7. The average molecular weight is 417 g/mol. The van der Waals surface area contributed by atoms with Crippen molar-refractivity contribution in [3.05, 3.63) is 53.1 Å². The predicted octanol–water partition coefficient (Wildman–Crippen LogP) is 3.99. The SMILES string of the molecule is O=C(Nc1cccc(Cl)c1N1CCOCC1)c1cccc(OC[C@H]2CCCO2)c1. The first-order valence-corrected chi connectivity index (χ1v) is 10.4. The number of rotatable bonds is 6. The van der Waals surface area contributed by atoms with Crippen LogP contribution >= 0.6 is 11.6 Å². The second-order valence-corrected chi connectivity index (χ2v) is 7.57. The molecule has 0 bridgehead atoms. The van der Waals surface area contributed by atoms with Crippen LogP contribution in [-0.2, 0) is 9.47 Å². The lowest BCUT2D eigenvalue weighted by molar-refractivity contribution is 0.0679. The van der Waals surface area contributed by atoms with Gasteiger partial charge in [-0.2, -0.15) is 0 Å². The predicted molar refractivity (Wildman–Crippen MR) is 113 cm³/mol. The van der Waals surface area contributed by atoms with Gasteiger partial charge in [0.2, 0.25) is 0 Å². The molecule has 2 aliphatic rings. The molecule has 1 amide bonds.